The molecule has 0 aliphatic carbocycles. The Balaban J connectivity index is 1.13. The van der Waals surface area contributed by atoms with Gasteiger partial charge in [0.25, 0.3) is 6.04 Å². The molecule has 5 aromatic rings. The molecule has 3 saturated heterocycles. The summed E-state index contributed by atoms with van der Waals surface area (Å²) in [4.78, 5) is 13.0. The predicted octanol–water partition coefficient (Wildman–Crippen LogP) is 7.20. The van der Waals surface area contributed by atoms with E-state index in [1.54, 1.807) is 0 Å². The smallest absolute Gasteiger partial charge is 0.291 e. The number of nitrogens with zero attached hydrogens (tertiary/aromatic N) is 1. The molecular weight excluding hydrogens is 783 g/mol. The van der Waals surface area contributed by atoms with Crippen LogP contribution in [0.3, 0.4) is 0 Å². The summed E-state index contributed by atoms with van der Waals surface area (Å²) in [7, 11) is 1.49. The van der Waals surface area contributed by atoms with Gasteiger partial charge < -0.3 is 47.4 Å². The second kappa shape index (κ2) is 21.3. The first kappa shape index (κ1) is 42.8. The van der Waals surface area contributed by atoms with Crippen molar-refractivity contribution in [1.29, 1.82) is 0 Å². The average Bonchev–Trinajstić information content (AvgIpc) is 3.31. The summed E-state index contributed by atoms with van der Waals surface area (Å²) in [6.45, 7) is 0.860. The van der Waals surface area contributed by atoms with Crippen LogP contribution in [-0.4, -0.2) is 86.6 Å². The molecule has 0 N–H and O–H groups in total. The Labute approximate surface area is 355 Å². The zero-order chi connectivity index (χ0) is 41.8. The lowest BCUT2D eigenvalue weighted by molar-refractivity contribution is -0.580. The highest BCUT2D eigenvalue weighted by Crippen LogP contribution is 2.39. The van der Waals surface area contributed by atoms with Gasteiger partial charge in [-0.05, 0) is 22.3 Å². The highest BCUT2D eigenvalue weighted by atomic mass is 16.8. The second-order valence-corrected chi connectivity index (χ2v) is 15.2. The van der Waals surface area contributed by atoms with Crippen molar-refractivity contribution in [2.24, 2.45) is 0 Å². The molecule has 0 saturated carbocycles. The third kappa shape index (κ3) is 11.0. The molecule has 61 heavy (non-hydrogen) atoms. The lowest BCUT2D eigenvalue weighted by Crippen LogP contribution is -2.67. The van der Waals surface area contributed by atoms with Gasteiger partial charge in [-0.15, -0.1) is 0 Å². The number of benzene rings is 5. The average molecular weight is 834 g/mol. The number of hydrogen-bond donors (Lipinski definition) is 0. The molecule has 0 amide bonds. The van der Waals surface area contributed by atoms with Crippen LogP contribution in [-0.2, 0) is 73.8 Å². The first-order valence-electron chi connectivity index (χ1n) is 20.6. The quantitative estimate of drug-likeness (QED) is 0.0653. The standard InChI is InChI=1S/C48H51NO12/c1-52-48-45(44(56-30-36-23-13-5-14-24-36)42-39(59-48)32-57-46(60-42)37-25-15-6-16-26-37)61-47-40(49(50)51)43(55-29-35-21-11-4-12-22-35)41(54-28-34-19-9-3-10-20-34)38(58-47)31-53-27-33-17-7-2-8-18-33/h2-26,38-48H,27-32H2,1H3/t38-,39-,40-,41-,42-,43-,44+,45-,46?,47+,48+/m1/s1. The maximum Gasteiger partial charge on any atom is 0.291 e. The van der Waals surface area contributed by atoms with Crippen LogP contribution in [0.25, 0.3) is 0 Å². The van der Waals surface area contributed by atoms with E-state index in [0.717, 1.165) is 27.8 Å². The third-order valence-corrected chi connectivity index (χ3v) is 11.0. The van der Waals surface area contributed by atoms with Gasteiger partial charge in [0, 0.05) is 17.6 Å². The Hall–Kier alpha value is -4.90. The fourth-order valence-corrected chi connectivity index (χ4v) is 7.92. The number of hydrogen-bond acceptors (Lipinski definition) is 12. The number of fused-ring (bicyclic) bond motifs is 1. The van der Waals surface area contributed by atoms with Gasteiger partial charge in [0.2, 0.25) is 6.29 Å². The molecular formula is C48H51NO12. The Bertz CT molecular complexity index is 2050. The van der Waals surface area contributed by atoms with Crippen LogP contribution < -0.4 is 0 Å². The maximum absolute atomic E-state index is 13.5. The fraction of sp³-hybridized carbons (Fsp3) is 0.375. The Morgan fingerprint density at radius 3 is 1.59 bits per heavy atom. The van der Waals surface area contributed by atoms with Crippen LogP contribution in [0.5, 0.6) is 0 Å². The van der Waals surface area contributed by atoms with Gasteiger partial charge in [-0.25, -0.2) is 0 Å². The Morgan fingerprint density at radius 2 is 1.07 bits per heavy atom. The van der Waals surface area contributed by atoms with Gasteiger partial charge in [0.05, 0.1) is 39.6 Å². The monoisotopic (exact) mass is 833 g/mol. The molecule has 320 valence electrons. The molecule has 1 unspecified atom stereocenters. The summed E-state index contributed by atoms with van der Waals surface area (Å²) >= 11 is 0. The predicted molar refractivity (Wildman–Crippen MR) is 221 cm³/mol. The van der Waals surface area contributed by atoms with Crippen LogP contribution >= 0.6 is 0 Å². The van der Waals surface area contributed by atoms with Crippen molar-refractivity contribution >= 4 is 0 Å². The van der Waals surface area contributed by atoms with E-state index in [2.05, 4.69) is 0 Å². The molecule has 3 heterocycles. The molecule has 0 bridgehead atoms. The largest absolute Gasteiger partial charge is 0.374 e. The van der Waals surface area contributed by atoms with Crippen molar-refractivity contribution in [2.45, 2.75) is 94.1 Å². The zero-order valence-electron chi connectivity index (χ0n) is 33.9. The molecule has 0 spiro atoms. The SMILES string of the molecule is CO[C@H]1O[C@@H]2COC(c3ccccc3)O[C@H]2[C@H](OCc2ccccc2)[C@H]1O[C@@H]1O[C@H](COCc2ccccc2)[C@@H](OCc2ccccc2)[C@H](OCc2ccccc2)[C@H]1[N+](=O)[O-]. The molecule has 5 aromatic carbocycles. The maximum atomic E-state index is 13.5. The minimum atomic E-state index is -1.58. The lowest BCUT2D eigenvalue weighted by Gasteiger charge is -2.50. The van der Waals surface area contributed by atoms with Crippen molar-refractivity contribution in [3.63, 3.8) is 0 Å². The van der Waals surface area contributed by atoms with Crippen molar-refractivity contribution < 1.29 is 52.3 Å². The molecule has 3 aliphatic heterocycles. The van der Waals surface area contributed by atoms with Crippen LogP contribution in [0.4, 0.5) is 0 Å². The van der Waals surface area contributed by atoms with Crippen molar-refractivity contribution in [3.05, 3.63) is 190 Å². The molecule has 8 rings (SSSR count). The Morgan fingerprint density at radius 1 is 0.574 bits per heavy atom. The van der Waals surface area contributed by atoms with Crippen LogP contribution in [0.1, 0.15) is 34.1 Å². The molecule has 13 nitrogen and oxygen atoms in total. The first-order valence-corrected chi connectivity index (χ1v) is 20.6. The fourth-order valence-electron chi connectivity index (χ4n) is 7.92. The zero-order valence-corrected chi connectivity index (χ0v) is 33.9. The summed E-state index contributed by atoms with van der Waals surface area (Å²) in [6, 6.07) is 46.5. The van der Waals surface area contributed by atoms with Crippen molar-refractivity contribution in [3.8, 4) is 0 Å². The minimum Gasteiger partial charge on any atom is -0.374 e. The van der Waals surface area contributed by atoms with E-state index in [4.69, 9.17) is 47.4 Å². The molecule has 13 heteroatoms. The van der Waals surface area contributed by atoms with Gasteiger partial charge >= 0.3 is 0 Å². The highest BCUT2D eigenvalue weighted by molar-refractivity contribution is 5.18. The van der Waals surface area contributed by atoms with E-state index >= 15 is 0 Å². The summed E-state index contributed by atoms with van der Waals surface area (Å²) in [6.07, 6.45) is -9.56. The number of nitro groups is 1. The number of ether oxygens (including phenoxy) is 10. The molecule has 11 atom stereocenters. The second-order valence-electron chi connectivity index (χ2n) is 15.2. The van der Waals surface area contributed by atoms with E-state index in [0.29, 0.717) is 0 Å². The van der Waals surface area contributed by atoms with E-state index in [1.165, 1.54) is 7.11 Å². The van der Waals surface area contributed by atoms with Gasteiger partial charge in [0.15, 0.2) is 18.7 Å². The minimum absolute atomic E-state index is 0.0105. The van der Waals surface area contributed by atoms with Gasteiger partial charge in [0.1, 0.15) is 36.6 Å². The van der Waals surface area contributed by atoms with Gasteiger partial charge in [-0.1, -0.05) is 152 Å². The number of rotatable bonds is 18. The first-order chi connectivity index (χ1) is 30.0. The summed E-state index contributed by atoms with van der Waals surface area (Å²) in [5.74, 6) is 0. The van der Waals surface area contributed by atoms with E-state index < -0.39 is 72.6 Å². The van der Waals surface area contributed by atoms with Crippen LogP contribution in [0.2, 0.25) is 0 Å². The van der Waals surface area contributed by atoms with Gasteiger partial charge in [-0.2, -0.15) is 0 Å². The topological polar surface area (TPSA) is 135 Å². The van der Waals surface area contributed by atoms with Crippen molar-refractivity contribution in [2.75, 3.05) is 20.3 Å². The number of methoxy groups -OCH3 is 1. The summed E-state index contributed by atoms with van der Waals surface area (Å²) in [5.41, 5.74) is 4.39. The van der Waals surface area contributed by atoms with Crippen molar-refractivity contribution in [1.82, 2.24) is 0 Å². The summed E-state index contributed by atoms with van der Waals surface area (Å²) < 4.78 is 64.8. The van der Waals surface area contributed by atoms with E-state index in [1.807, 2.05) is 152 Å². The third-order valence-electron chi connectivity index (χ3n) is 11.0. The van der Waals surface area contributed by atoms with E-state index in [-0.39, 0.29) is 39.6 Å². The Kier molecular flexibility index (Phi) is 14.9. The lowest BCUT2D eigenvalue weighted by atomic mass is 9.95. The van der Waals surface area contributed by atoms with Gasteiger partial charge in [-0.3, -0.25) is 10.1 Å². The highest BCUT2D eigenvalue weighted by Gasteiger charge is 2.59. The molecule has 0 aromatic heterocycles. The molecule has 0 radical (unpaired) electrons. The molecule has 3 fully saturated rings. The summed E-state index contributed by atoms with van der Waals surface area (Å²) in [5, 5.41) is 13.5. The normalized spacial score (nSPS) is 28.8. The van der Waals surface area contributed by atoms with Crippen LogP contribution in [0, 0.1) is 10.1 Å². The van der Waals surface area contributed by atoms with E-state index in [9.17, 15) is 10.1 Å². The molecule has 3 aliphatic rings. The van der Waals surface area contributed by atoms with Crippen LogP contribution in [0.15, 0.2) is 152 Å².